The van der Waals surface area contributed by atoms with E-state index in [1.54, 1.807) is 6.07 Å². The maximum atomic E-state index is 12.7. The molecule has 2 rings (SSSR count). The highest BCUT2D eigenvalue weighted by Crippen LogP contribution is 2.27. The molecule has 134 valence electrons. The molecule has 1 aromatic rings. The predicted octanol–water partition coefficient (Wildman–Crippen LogP) is 0.995. The highest BCUT2D eigenvalue weighted by Gasteiger charge is 2.26. The molecule has 1 amide bonds. The van der Waals surface area contributed by atoms with Gasteiger partial charge in [0.25, 0.3) is 5.91 Å². The van der Waals surface area contributed by atoms with Crippen molar-refractivity contribution in [2.24, 2.45) is 5.73 Å². The molecule has 1 aliphatic rings. The van der Waals surface area contributed by atoms with Crippen molar-refractivity contribution < 1.29 is 17.9 Å². The monoisotopic (exact) mass is 355 g/mol. The summed E-state index contributed by atoms with van der Waals surface area (Å²) in [5, 5.41) is 2.71. The quantitative estimate of drug-likeness (QED) is 0.603. The molecule has 0 unspecified atom stereocenters. The number of ether oxygens (including phenoxy) is 1. The van der Waals surface area contributed by atoms with E-state index < -0.39 is 10.0 Å². The zero-order valence-corrected chi connectivity index (χ0v) is 14.7. The average molecular weight is 355 g/mol. The molecule has 24 heavy (non-hydrogen) atoms. The molecule has 1 fully saturated rings. The van der Waals surface area contributed by atoms with Crippen LogP contribution in [-0.4, -0.2) is 40.6 Å². The molecule has 0 heterocycles. The number of carbonyl (C=O) groups is 1. The molecule has 7 nitrogen and oxygen atoms in total. The van der Waals surface area contributed by atoms with Crippen molar-refractivity contribution in [1.29, 1.82) is 0 Å². The van der Waals surface area contributed by atoms with Crippen molar-refractivity contribution in [1.82, 2.24) is 10.0 Å². The molecule has 1 aliphatic carbocycles. The van der Waals surface area contributed by atoms with Crippen LogP contribution in [0, 0.1) is 0 Å². The van der Waals surface area contributed by atoms with Crippen LogP contribution in [0.5, 0.6) is 5.75 Å². The smallest absolute Gasteiger partial charge is 0.251 e. The molecule has 1 aromatic carbocycles. The summed E-state index contributed by atoms with van der Waals surface area (Å²) in [4.78, 5) is 12.1. The van der Waals surface area contributed by atoms with E-state index in [9.17, 15) is 13.2 Å². The summed E-state index contributed by atoms with van der Waals surface area (Å²) in [6, 6.07) is 4.35. The van der Waals surface area contributed by atoms with Crippen LogP contribution < -0.4 is 20.5 Å². The Hall–Kier alpha value is -1.64. The van der Waals surface area contributed by atoms with Crippen LogP contribution in [0.25, 0.3) is 0 Å². The fourth-order valence-electron chi connectivity index (χ4n) is 2.76. The first-order valence-electron chi connectivity index (χ1n) is 8.16. The van der Waals surface area contributed by atoms with Crippen LogP contribution in [0.1, 0.15) is 42.5 Å². The van der Waals surface area contributed by atoms with Gasteiger partial charge in [-0.1, -0.05) is 12.8 Å². The number of hydrogen-bond acceptors (Lipinski definition) is 5. The maximum Gasteiger partial charge on any atom is 0.251 e. The number of benzene rings is 1. The molecule has 0 atom stereocenters. The summed E-state index contributed by atoms with van der Waals surface area (Å²) in [6.45, 7) is 0.928. The molecular weight excluding hydrogens is 330 g/mol. The van der Waals surface area contributed by atoms with Gasteiger partial charge >= 0.3 is 0 Å². The van der Waals surface area contributed by atoms with Gasteiger partial charge in [-0.15, -0.1) is 0 Å². The molecule has 0 spiro atoms. The van der Waals surface area contributed by atoms with Gasteiger partial charge in [0.05, 0.1) is 7.11 Å². The van der Waals surface area contributed by atoms with Gasteiger partial charge in [0.2, 0.25) is 10.0 Å². The third-order valence-electron chi connectivity index (χ3n) is 4.06. The van der Waals surface area contributed by atoms with E-state index >= 15 is 0 Å². The van der Waals surface area contributed by atoms with E-state index in [1.165, 1.54) is 19.2 Å². The largest absolute Gasteiger partial charge is 0.495 e. The second-order valence-corrected chi connectivity index (χ2v) is 7.55. The zero-order valence-electron chi connectivity index (χ0n) is 13.9. The fourth-order valence-corrected chi connectivity index (χ4v) is 4.26. The number of amides is 1. The Morgan fingerprint density at radius 2 is 2.04 bits per heavy atom. The minimum atomic E-state index is -3.74. The molecule has 0 bridgehead atoms. The van der Waals surface area contributed by atoms with E-state index in [0.717, 1.165) is 25.7 Å². The number of nitrogens with one attached hydrogen (secondary N) is 2. The highest BCUT2D eigenvalue weighted by atomic mass is 32.2. The fraction of sp³-hybridized carbons (Fsp3) is 0.562. The van der Waals surface area contributed by atoms with Crippen LogP contribution in [0.2, 0.25) is 0 Å². The predicted molar refractivity (Wildman–Crippen MR) is 91.6 cm³/mol. The maximum absolute atomic E-state index is 12.7. The van der Waals surface area contributed by atoms with Gasteiger partial charge in [0, 0.05) is 18.2 Å². The number of rotatable bonds is 8. The van der Waals surface area contributed by atoms with E-state index in [-0.39, 0.29) is 28.2 Å². The van der Waals surface area contributed by atoms with Crippen molar-refractivity contribution in [3.8, 4) is 5.75 Å². The Bertz CT molecular complexity index is 670. The molecule has 0 aromatic heterocycles. The van der Waals surface area contributed by atoms with E-state index in [1.807, 2.05) is 0 Å². The molecule has 8 heteroatoms. The molecule has 4 N–H and O–H groups in total. The van der Waals surface area contributed by atoms with Gasteiger partial charge in [0.15, 0.2) is 0 Å². The Morgan fingerprint density at radius 1 is 1.33 bits per heavy atom. The molecule has 0 radical (unpaired) electrons. The third kappa shape index (κ3) is 4.68. The zero-order chi connectivity index (χ0) is 17.6. The van der Waals surface area contributed by atoms with Crippen molar-refractivity contribution in [3.05, 3.63) is 23.8 Å². The summed E-state index contributed by atoms with van der Waals surface area (Å²) in [5.74, 6) is -0.109. The SMILES string of the molecule is COc1ccc(C(=O)NCCCN)cc1S(=O)(=O)NC1CCCC1. The standard InChI is InChI=1S/C16H25N3O4S/c1-23-14-8-7-12(16(20)18-10-4-9-17)11-15(14)24(21,22)19-13-5-2-3-6-13/h7-8,11,13,19H,2-6,9-10,17H2,1H3,(H,18,20). The van der Waals surface area contributed by atoms with Gasteiger partial charge in [-0.25, -0.2) is 13.1 Å². The van der Waals surface area contributed by atoms with Crippen LogP contribution in [0.3, 0.4) is 0 Å². The second-order valence-electron chi connectivity index (χ2n) is 5.87. The first kappa shape index (κ1) is 18.7. The number of nitrogens with two attached hydrogens (primary N) is 1. The Labute approximate surface area is 143 Å². The van der Waals surface area contributed by atoms with Crippen molar-refractivity contribution in [3.63, 3.8) is 0 Å². The van der Waals surface area contributed by atoms with Crippen LogP contribution in [-0.2, 0) is 10.0 Å². The highest BCUT2D eigenvalue weighted by molar-refractivity contribution is 7.89. The van der Waals surface area contributed by atoms with Crippen molar-refractivity contribution in [2.75, 3.05) is 20.2 Å². The molecular formula is C16H25N3O4S. The Morgan fingerprint density at radius 3 is 2.67 bits per heavy atom. The Kier molecular flexibility index (Phi) is 6.59. The number of carbonyl (C=O) groups excluding carboxylic acids is 1. The van der Waals surface area contributed by atoms with Crippen LogP contribution in [0.4, 0.5) is 0 Å². The lowest BCUT2D eigenvalue weighted by Gasteiger charge is -2.15. The van der Waals surface area contributed by atoms with Gasteiger partial charge in [0.1, 0.15) is 10.6 Å². The second kappa shape index (κ2) is 8.46. The van der Waals surface area contributed by atoms with Gasteiger partial charge in [-0.2, -0.15) is 0 Å². The van der Waals surface area contributed by atoms with Crippen molar-refractivity contribution >= 4 is 15.9 Å². The van der Waals surface area contributed by atoms with Gasteiger partial charge in [-0.3, -0.25) is 4.79 Å². The van der Waals surface area contributed by atoms with Crippen molar-refractivity contribution in [2.45, 2.75) is 43.0 Å². The summed E-state index contributed by atoms with van der Waals surface area (Å²) in [7, 11) is -2.33. The van der Waals surface area contributed by atoms with E-state index in [0.29, 0.717) is 19.5 Å². The first-order valence-corrected chi connectivity index (χ1v) is 9.65. The summed E-state index contributed by atoms with van der Waals surface area (Å²) >= 11 is 0. The molecule has 1 saturated carbocycles. The topological polar surface area (TPSA) is 111 Å². The molecule has 0 saturated heterocycles. The summed E-state index contributed by atoms with van der Waals surface area (Å²) in [5.41, 5.74) is 5.67. The van der Waals surface area contributed by atoms with Crippen LogP contribution in [0.15, 0.2) is 23.1 Å². The number of methoxy groups -OCH3 is 1. The lowest BCUT2D eigenvalue weighted by Crippen LogP contribution is -2.33. The lowest BCUT2D eigenvalue weighted by molar-refractivity contribution is 0.0953. The first-order chi connectivity index (χ1) is 11.5. The minimum Gasteiger partial charge on any atom is -0.495 e. The number of sulfonamides is 1. The lowest BCUT2D eigenvalue weighted by atomic mass is 10.2. The van der Waals surface area contributed by atoms with Crippen LogP contribution >= 0.6 is 0 Å². The molecule has 0 aliphatic heterocycles. The third-order valence-corrected chi connectivity index (χ3v) is 5.60. The van der Waals surface area contributed by atoms with E-state index in [4.69, 9.17) is 10.5 Å². The van der Waals surface area contributed by atoms with Gasteiger partial charge < -0.3 is 15.8 Å². The normalized spacial score (nSPS) is 15.4. The number of hydrogen-bond donors (Lipinski definition) is 3. The van der Waals surface area contributed by atoms with E-state index in [2.05, 4.69) is 10.0 Å². The summed E-state index contributed by atoms with van der Waals surface area (Å²) in [6.07, 6.45) is 4.37. The Balaban J connectivity index is 2.23. The van der Waals surface area contributed by atoms with Gasteiger partial charge in [-0.05, 0) is 44.0 Å². The minimum absolute atomic E-state index is 0.0108. The average Bonchev–Trinajstić information content (AvgIpc) is 3.06. The summed E-state index contributed by atoms with van der Waals surface area (Å²) < 4.78 is 33.2.